The molecule has 0 saturated carbocycles. The van der Waals surface area contributed by atoms with E-state index >= 15 is 0 Å². The third-order valence-corrected chi connectivity index (χ3v) is 2.56. The van der Waals surface area contributed by atoms with Gasteiger partial charge in [-0.1, -0.05) is 27.5 Å². The van der Waals surface area contributed by atoms with Crippen molar-refractivity contribution in [1.82, 2.24) is 0 Å². The lowest BCUT2D eigenvalue weighted by atomic mass is 10.1. The van der Waals surface area contributed by atoms with Gasteiger partial charge in [0.15, 0.2) is 0 Å². The Morgan fingerprint density at radius 2 is 2.21 bits per heavy atom. The molecule has 4 heteroatoms. The number of halogens is 2. The Balaban J connectivity index is 2.86. The maximum absolute atomic E-state index is 11.2. The molecule has 0 heterocycles. The van der Waals surface area contributed by atoms with Crippen molar-refractivity contribution >= 4 is 33.3 Å². The lowest BCUT2D eigenvalue weighted by Gasteiger charge is -2.04. The molecule has 1 aromatic rings. The molecule has 0 amide bonds. The van der Waals surface area contributed by atoms with Crippen LogP contribution >= 0.6 is 27.5 Å². The topological polar surface area (TPSA) is 26.3 Å². The Bertz CT molecular complexity index is 339. The van der Waals surface area contributed by atoms with Gasteiger partial charge in [-0.3, -0.25) is 4.79 Å². The van der Waals surface area contributed by atoms with Crippen molar-refractivity contribution in [3.05, 3.63) is 28.8 Å². The largest absolute Gasteiger partial charge is 0.497 e. The smallest absolute Gasteiger partial charge is 0.147 e. The number of alkyl halides is 1. The van der Waals surface area contributed by atoms with Crippen molar-refractivity contribution in [3.8, 4) is 5.75 Å². The molecule has 1 rings (SSSR count). The molecule has 0 bridgehead atoms. The molecule has 0 saturated heterocycles. The minimum absolute atomic E-state index is 0.120. The Kier molecular flexibility index (Phi) is 4.42. The zero-order chi connectivity index (χ0) is 10.6. The summed E-state index contributed by atoms with van der Waals surface area (Å²) in [5.41, 5.74) is 0.874. The van der Waals surface area contributed by atoms with Crippen LogP contribution in [-0.2, 0) is 11.2 Å². The summed E-state index contributed by atoms with van der Waals surface area (Å²) in [6.07, 6.45) is 0.377. The molecule has 14 heavy (non-hydrogen) atoms. The molecule has 0 aliphatic rings. The highest BCUT2D eigenvalue weighted by Gasteiger charge is 2.04. The summed E-state index contributed by atoms with van der Waals surface area (Å²) in [5.74, 6) is 0.796. The van der Waals surface area contributed by atoms with Gasteiger partial charge in [0, 0.05) is 11.4 Å². The van der Waals surface area contributed by atoms with Crippen LogP contribution in [0.15, 0.2) is 18.2 Å². The Morgan fingerprint density at radius 1 is 1.50 bits per heavy atom. The van der Waals surface area contributed by atoms with Gasteiger partial charge in [0.25, 0.3) is 0 Å². The zero-order valence-corrected chi connectivity index (χ0v) is 10.1. The van der Waals surface area contributed by atoms with Crippen LogP contribution in [0.3, 0.4) is 0 Å². The minimum Gasteiger partial charge on any atom is -0.497 e. The van der Waals surface area contributed by atoms with Crippen LogP contribution in [0.25, 0.3) is 0 Å². The molecule has 0 aromatic heterocycles. The predicted molar refractivity (Wildman–Crippen MR) is 60.5 cm³/mol. The minimum atomic E-state index is 0.120. The molecule has 0 atom stereocenters. The number of carbonyl (C=O) groups is 1. The summed E-state index contributed by atoms with van der Waals surface area (Å²) in [6.45, 7) is 0. The van der Waals surface area contributed by atoms with Crippen molar-refractivity contribution < 1.29 is 9.53 Å². The summed E-state index contributed by atoms with van der Waals surface area (Å²) >= 11 is 8.96. The van der Waals surface area contributed by atoms with Gasteiger partial charge in [-0.05, 0) is 23.8 Å². The van der Waals surface area contributed by atoms with E-state index in [-0.39, 0.29) is 5.78 Å². The summed E-state index contributed by atoms with van der Waals surface area (Å²) in [7, 11) is 1.57. The van der Waals surface area contributed by atoms with E-state index in [0.29, 0.717) is 22.5 Å². The van der Waals surface area contributed by atoms with E-state index in [1.165, 1.54) is 0 Å². The normalized spacial score (nSPS) is 9.93. The number of hydrogen-bond acceptors (Lipinski definition) is 2. The van der Waals surface area contributed by atoms with Gasteiger partial charge >= 0.3 is 0 Å². The molecule has 0 aliphatic heterocycles. The fraction of sp³-hybridized carbons (Fsp3) is 0.300. The van der Waals surface area contributed by atoms with E-state index in [4.69, 9.17) is 16.3 Å². The van der Waals surface area contributed by atoms with Gasteiger partial charge in [-0.15, -0.1) is 0 Å². The monoisotopic (exact) mass is 276 g/mol. The summed E-state index contributed by atoms with van der Waals surface area (Å²) in [5, 5.41) is 0.948. The first kappa shape index (κ1) is 11.5. The predicted octanol–water partition coefficient (Wildman–Crippen LogP) is 2.86. The fourth-order valence-electron chi connectivity index (χ4n) is 1.12. The Morgan fingerprint density at radius 3 is 2.79 bits per heavy atom. The van der Waals surface area contributed by atoms with E-state index in [2.05, 4.69) is 15.9 Å². The quantitative estimate of drug-likeness (QED) is 0.791. The van der Waals surface area contributed by atoms with Crippen LogP contribution in [0, 0.1) is 0 Å². The maximum atomic E-state index is 11.2. The van der Waals surface area contributed by atoms with E-state index in [0.717, 1.165) is 5.56 Å². The molecular formula is C10H10BrClO2. The highest BCUT2D eigenvalue weighted by molar-refractivity contribution is 9.09. The fourth-order valence-corrected chi connectivity index (χ4v) is 1.56. The van der Waals surface area contributed by atoms with Crippen LogP contribution in [-0.4, -0.2) is 18.2 Å². The SMILES string of the molecule is COc1cc(Cl)cc(CC(=O)CBr)c1. The lowest BCUT2D eigenvalue weighted by Crippen LogP contribution is -2.03. The van der Waals surface area contributed by atoms with Crippen molar-refractivity contribution in [2.75, 3.05) is 12.4 Å². The summed E-state index contributed by atoms with van der Waals surface area (Å²) in [4.78, 5) is 11.2. The summed E-state index contributed by atoms with van der Waals surface area (Å²) in [6, 6.07) is 5.29. The number of hydrogen-bond donors (Lipinski definition) is 0. The van der Waals surface area contributed by atoms with Gasteiger partial charge < -0.3 is 4.74 Å². The molecule has 0 aliphatic carbocycles. The van der Waals surface area contributed by atoms with E-state index < -0.39 is 0 Å². The number of methoxy groups -OCH3 is 1. The number of ketones is 1. The molecule has 0 N–H and O–H groups in total. The number of carbonyl (C=O) groups excluding carboxylic acids is 1. The number of benzene rings is 1. The van der Waals surface area contributed by atoms with E-state index in [1.54, 1.807) is 19.2 Å². The second kappa shape index (κ2) is 5.37. The number of ether oxygens (including phenoxy) is 1. The molecule has 1 aromatic carbocycles. The van der Waals surface area contributed by atoms with Crippen LogP contribution in [0.2, 0.25) is 5.02 Å². The molecule has 0 radical (unpaired) electrons. The second-order valence-electron chi connectivity index (χ2n) is 2.85. The molecule has 0 unspecified atom stereocenters. The van der Waals surface area contributed by atoms with Crippen molar-refractivity contribution in [2.24, 2.45) is 0 Å². The molecule has 0 spiro atoms. The van der Waals surface area contributed by atoms with Crippen molar-refractivity contribution in [3.63, 3.8) is 0 Å². The van der Waals surface area contributed by atoms with Gasteiger partial charge in [0.05, 0.1) is 12.4 Å². The Labute approximate surface area is 96.3 Å². The van der Waals surface area contributed by atoms with Gasteiger partial charge in [0.1, 0.15) is 11.5 Å². The van der Waals surface area contributed by atoms with Crippen molar-refractivity contribution in [2.45, 2.75) is 6.42 Å². The van der Waals surface area contributed by atoms with Gasteiger partial charge in [-0.25, -0.2) is 0 Å². The van der Waals surface area contributed by atoms with Gasteiger partial charge in [0.2, 0.25) is 0 Å². The first-order chi connectivity index (χ1) is 6.65. The summed E-state index contributed by atoms with van der Waals surface area (Å²) < 4.78 is 5.04. The maximum Gasteiger partial charge on any atom is 0.147 e. The average molecular weight is 278 g/mol. The van der Waals surface area contributed by atoms with Crippen LogP contribution in [0.5, 0.6) is 5.75 Å². The third-order valence-electron chi connectivity index (χ3n) is 1.72. The highest BCUT2D eigenvalue weighted by atomic mass is 79.9. The van der Waals surface area contributed by atoms with Gasteiger partial charge in [-0.2, -0.15) is 0 Å². The first-order valence-electron chi connectivity index (χ1n) is 4.07. The molecule has 0 fully saturated rings. The first-order valence-corrected chi connectivity index (χ1v) is 5.56. The average Bonchev–Trinajstić information content (AvgIpc) is 2.16. The standard InChI is InChI=1S/C10H10BrClO2/c1-14-10-4-7(2-8(12)5-10)3-9(13)6-11/h2,4-5H,3,6H2,1H3. The zero-order valence-electron chi connectivity index (χ0n) is 7.72. The molecule has 76 valence electrons. The number of rotatable bonds is 4. The van der Waals surface area contributed by atoms with Crippen LogP contribution in [0.1, 0.15) is 5.56 Å². The molecular weight excluding hydrogens is 267 g/mol. The van der Waals surface area contributed by atoms with Crippen molar-refractivity contribution in [1.29, 1.82) is 0 Å². The third kappa shape index (κ3) is 3.31. The Hall–Kier alpha value is -0.540. The van der Waals surface area contributed by atoms with E-state index in [1.807, 2.05) is 6.07 Å². The number of Topliss-reactive ketones (excluding diaryl/α,β-unsaturated/α-hetero) is 1. The van der Waals surface area contributed by atoms with E-state index in [9.17, 15) is 4.79 Å². The second-order valence-corrected chi connectivity index (χ2v) is 3.85. The lowest BCUT2D eigenvalue weighted by molar-refractivity contribution is -0.115. The van der Waals surface area contributed by atoms with Crippen LogP contribution < -0.4 is 4.74 Å². The highest BCUT2D eigenvalue weighted by Crippen LogP contribution is 2.21. The molecule has 2 nitrogen and oxygen atoms in total. The van der Waals surface area contributed by atoms with Crippen LogP contribution in [0.4, 0.5) is 0 Å².